The van der Waals surface area contributed by atoms with Crippen LogP contribution in [0.5, 0.6) is 0 Å². The Morgan fingerprint density at radius 3 is 2.68 bits per heavy atom. The highest BCUT2D eigenvalue weighted by Crippen LogP contribution is 2.14. The Balaban J connectivity index is 3.07. The molecule has 1 aromatic rings. The van der Waals surface area contributed by atoms with Crippen LogP contribution in [0, 0.1) is 0 Å². The maximum Gasteiger partial charge on any atom is 0.331 e. The molecule has 1 aromatic carbocycles. The third kappa shape index (κ3) is 4.50. The van der Waals surface area contributed by atoms with Gasteiger partial charge in [0.25, 0.3) is 0 Å². The molecule has 6 heteroatoms. The summed E-state index contributed by atoms with van der Waals surface area (Å²) in [5.41, 5.74) is 0.690. The predicted molar refractivity (Wildman–Crippen MR) is 73.2 cm³/mol. The molecule has 1 rings (SSSR count). The average Bonchev–Trinajstić information content (AvgIpc) is 2.36. The van der Waals surface area contributed by atoms with Crippen LogP contribution < -0.4 is 4.72 Å². The summed E-state index contributed by atoms with van der Waals surface area (Å²) in [5, 5.41) is 8.79. The second kappa shape index (κ2) is 6.49. The van der Waals surface area contributed by atoms with Gasteiger partial charge >= 0.3 is 5.97 Å². The zero-order valence-electron chi connectivity index (χ0n) is 10.9. The van der Waals surface area contributed by atoms with Gasteiger partial charge in [-0.2, -0.15) is 0 Å². The van der Waals surface area contributed by atoms with E-state index in [1.807, 2.05) is 6.92 Å². The van der Waals surface area contributed by atoms with Crippen LogP contribution in [0.1, 0.15) is 25.8 Å². The second-order valence-electron chi connectivity index (χ2n) is 4.10. The Kier molecular flexibility index (Phi) is 5.26. The fourth-order valence-corrected chi connectivity index (χ4v) is 2.59. The molecule has 0 amide bonds. The fourth-order valence-electron chi connectivity index (χ4n) is 1.40. The van der Waals surface area contributed by atoms with E-state index in [0.29, 0.717) is 18.5 Å². The van der Waals surface area contributed by atoms with Gasteiger partial charge in [0.1, 0.15) is 0 Å². The number of rotatable bonds is 6. The van der Waals surface area contributed by atoms with Gasteiger partial charge in [0.2, 0.25) is 10.0 Å². The molecule has 0 aromatic heterocycles. The summed E-state index contributed by atoms with van der Waals surface area (Å²) < 4.78 is 26.3. The van der Waals surface area contributed by atoms with Gasteiger partial charge < -0.3 is 5.11 Å². The molecule has 19 heavy (non-hydrogen) atoms. The number of aliphatic carboxylic acids is 1. The fraction of sp³-hybridized carbons (Fsp3) is 0.308. The molecule has 0 spiro atoms. The van der Waals surface area contributed by atoms with Crippen molar-refractivity contribution in [1.82, 2.24) is 4.72 Å². The molecule has 0 heterocycles. The van der Waals surface area contributed by atoms with Crippen molar-refractivity contribution in [2.24, 2.45) is 0 Å². The number of carboxylic acid groups (broad SMARTS) is 1. The third-order valence-corrected chi connectivity index (χ3v) is 3.89. The summed E-state index contributed by atoms with van der Waals surface area (Å²) in [4.78, 5) is 10.9. The Hall–Kier alpha value is -1.66. The maximum atomic E-state index is 11.9. The van der Waals surface area contributed by atoms with Crippen molar-refractivity contribution >= 4 is 22.1 Å². The lowest BCUT2D eigenvalue weighted by Crippen LogP contribution is -2.24. The van der Waals surface area contributed by atoms with E-state index in [-0.39, 0.29) is 10.5 Å². The Bertz CT molecular complexity index is 590. The molecule has 0 fully saturated rings. The number of hydrogen-bond donors (Lipinski definition) is 2. The first-order valence-corrected chi connectivity index (χ1v) is 7.36. The zero-order valence-corrected chi connectivity index (χ0v) is 11.7. The SMILES string of the molecule is CCCNS(=O)(=O)c1cccc(/C=C(\C)C(=O)O)c1. The topological polar surface area (TPSA) is 83.5 Å². The molecule has 2 N–H and O–H groups in total. The Morgan fingerprint density at radius 1 is 1.42 bits per heavy atom. The zero-order chi connectivity index (χ0) is 14.5. The molecule has 5 nitrogen and oxygen atoms in total. The van der Waals surface area contributed by atoms with Gasteiger partial charge in [-0.3, -0.25) is 0 Å². The van der Waals surface area contributed by atoms with Crippen molar-refractivity contribution in [1.29, 1.82) is 0 Å². The van der Waals surface area contributed by atoms with E-state index >= 15 is 0 Å². The van der Waals surface area contributed by atoms with Crippen molar-refractivity contribution in [3.05, 3.63) is 35.4 Å². The van der Waals surface area contributed by atoms with Crippen LogP contribution in [0.4, 0.5) is 0 Å². The quantitative estimate of drug-likeness (QED) is 0.781. The van der Waals surface area contributed by atoms with E-state index in [1.54, 1.807) is 12.1 Å². The largest absolute Gasteiger partial charge is 0.478 e. The number of carboxylic acids is 1. The lowest BCUT2D eigenvalue weighted by Gasteiger charge is -2.06. The molecule has 0 aliphatic rings. The van der Waals surface area contributed by atoms with Gasteiger partial charge in [0.15, 0.2) is 0 Å². The Morgan fingerprint density at radius 2 is 2.11 bits per heavy atom. The number of nitrogens with one attached hydrogen (secondary N) is 1. The lowest BCUT2D eigenvalue weighted by atomic mass is 10.1. The molecular formula is C13H17NO4S. The van der Waals surface area contributed by atoms with Crippen LogP contribution in [0.25, 0.3) is 6.08 Å². The van der Waals surface area contributed by atoms with Crippen molar-refractivity contribution in [2.45, 2.75) is 25.2 Å². The van der Waals surface area contributed by atoms with E-state index < -0.39 is 16.0 Å². The number of carbonyl (C=O) groups is 1. The first-order chi connectivity index (χ1) is 8.86. The molecule has 0 aliphatic heterocycles. The van der Waals surface area contributed by atoms with E-state index in [2.05, 4.69) is 4.72 Å². The molecule has 0 atom stereocenters. The van der Waals surface area contributed by atoms with Gasteiger partial charge in [-0.1, -0.05) is 19.1 Å². The molecule has 0 saturated carbocycles. The van der Waals surface area contributed by atoms with Gasteiger partial charge in [-0.15, -0.1) is 0 Å². The number of sulfonamides is 1. The van der Waals surface area contributed by atoms with Crippen LogP contribution in [0.3, 0.4) is 0 Å². The summed E-state index contributed by atoms with van der Waals surface area (Å²) >= 11 is 0. The highest BCUT2D eigenvalue weighted by atomic mass is 32.2. The van der Waals surface area contributed by atoms with Gasteiger partial charge in [0, 0.05) is 12.1 Å². The molecule has 0 unspecified atom stereocenters. The van der Waals surface area contributed by atoms with Crippen LogP contribution in [0.15, 0.2) is 34.7 Å². The standard InChI is InChI=1S/C13H17NO4S/c1-3-7-14-19(17,18)12-6-4-5-11(9-12)8-10(2)13(15)16/h4-6,8-9,14H,3,7H2,1-2H3,(H,15,16)/b10-8+. The second-order valence-corrected chi connectivity index (χ2v) is 5.87. The van der Waals surface area contributed by atoms with Crippen molar-refractivity contribution in [3.63, 3.8) is 0 Å². The summed E-state index contributed by atoms with van der Waals surface area (Å²) in [7, 11) is -3.53. The van der Waals surface area contributed by atoms with Crippen LogP contribution in [0.2, 0.25) is 0 Å². The molecular weight excluding hydrogens is 266 g/mol. The third-order valence-electron chi connectivity index (χ3n) is 2.43. The number of benzene rings is 1. The van der Waals surface area contributed by atoms with Crippen molar-refractivity contribution in [2.75, 3.05) is 6.54 Å². The van der Waals surface area contributed by atoms with Crippen LogP contribution >= 0.6 is 0 Å². The average molecular weight is 283 g/mol. The van der Waals surface area contributed by atoms with E-state index in [9.17, 15) is 13.2 Å². The summed E-state index contributed by atoms with van der Waals surface area (Å²) in [6.45, 7) is 3.70. The van der Waals surface area contributed by atoms with Crippen LogP contribution in [-0.2, 0) is 14.8 Å². The van der Waals surface area contributed by atoms with E-state index in [0.717, 1.165) is 0 Å². The first-order valence-electron chi connectivity index (χ1n) is 5.88. The highest BCUT2D eigenvalue weighted by Gasteiger charge is 2.13. The molecule has 0 bridgehead atoms. The van der Waals surface area contributed by atoms with Crippen molar-refractivity contribution < 1.29 is 18.3 Å². The summed E-state index contributed by atoms with van der Waals surface area (Å²) in [5.74, 6) is -1.03. The smallest absolute Gasteiger partial charge is 0.331 e. The molecule has 104 valence electrons. The summed E-state index contributed by atoms with van der Waals surface area (Å²) in [6.07, 6.45) is 2.14. The normalized spacial score (nSPS) is 12.4. The summed E-state index contributed by atoms with van der Waals surface area (Å²) in [6, 6.07) is 6.17. The van der Waals surface area contributed by atoms with Crippen LogP contribution in [-0.4, -0.2) is 26.0 Å². The Labute approximate surface area is 113 Å². The lowest BCUT2D eigenvalue weighted by molar-refractivity contribution is -0.132. The highest BCUT2D eigenvalue weighted by molar-refractivity contribution is 7.89. The van der Waals surface area contributed by atoms with E-state index in [4.69, 9.17) is 5.11 Å². The van der Waals surface area contributed by atoms with Gasteiger partial charge in [-0.05, 0) is 37.1 Å². The maximum absolute atomic E-state index is 11.9. The van der Waals surface area contributed by atoms with Gasteiger partial charge in [0.05, 0.1) is 4.90 Å². The monoisotopic (exact) mass is 283 g/mol. The molecule has 0 saturated heterocycles. The molecule has 0 aliphatic carbocycles. The minimum Gasteiger partial charge on any atom is -0.478 e. The number of hydrogen-bond acceptors (Lipinski definition) is 3. The minimum absolute atomic E-state index is 0.132. The van der Waals surface area contributed by atoms with Crippen molar-refractivity contribution in [3.8, 4) is 0 Å². The predicted octanol–water partition coefficient (Wildman–Crippen LogP) is 1.86. The first kappa shape index (κ1) is 15.4. The molecule has 0 radical (unpaired) electrons. The van der Waals surface area contributed by atoms with Gasteiger partial charge in [-0.25, -0.2) is 17.9 Å². The minimum atomic E-state index is -3.53. The van der Waals surface area contributed by atoms with E-state index in [1.165, 1.54) is 25.1 Å².